The van der Waals surface area contributed by atoms with Gasteiger partial charge in [0, 0.05) is 5.41 Å². The Morgan fingerprint density at radius 2 is 2.19 bits per heavy atom. The number of ether oxygens (including phenoxy) is 1. The fourth-order valence-electron chi connectivity index (χ4n) is 1.98. The van der Waals surface area contributed by atoms with Crippen molar-refractivity contribution in [3.8, 4) is 5.75 Å². The van der Waals surface area contributed by atoms with Crippen molar-refractivity contribution in [1.82, 2.24) is 0 Å². The Balaban J connectivity index is 2.01. The monoisotopic (exact) mass is 256 g/mol. The van der Waals surface area contributed by atoms with E-state index in [4.69, 9.17) is 16.3 Å². The van der Waals surface area contributed by atoms with Gasteiger partial charge in [0.1, 0.15) is 5.75 Å². The van der Waals surface area contributed by atoms with Crippen molar-refractivity contribution in [2.75, 3.05) is 12.4 Å². The Morgan fingerprint density at radius 3 is 2.75 bits per heavy atom. The first-order valence-corrected chi connectivity index (χ1v) is 6.66. The molecular formula is C13H17ClOS. The van der Waals surface area contributed by atoms with Gasteiger partial charge < -0.3 is 4.74 Å². The molecule has 0 N–H and O–H groups in total. The summed E-state index contributed by atoms with van der Waals surface area (Å²) in [5, 5.41) is 0.694. The number of aryl methyl sites for hydroxylation is 1. The molecule has 1 aromatic rings. The maximum Gasteiger partial charge on any atom is 0.138 e. The van der Waals surface area contributed by atoms with E-state index in [9.17, 15) is 0 Å². The molecule has 1 aliphatic rings. The number of thiol groups is 1. The third kappa shape index (κ3) is 2.49. The fraction of sp³-hybridized carbons (Fsp3) is 0.538. The van der Waals surface area contributed by atoms with E-state index in [1.165, 1.54) is 24.8 Å². The van der Waals surface area contributed by atoms with Crippen LogP contribution in [0.3, 0.4) is 0 Å². The van der Waals surface area contributed by atoms with Crippen molar-refractivity contribution < 1.29 is 4.74 Å². The lowest BCUT2D eigenvalue weighted by Gasteiger charge is -2.40. The molecule has 0 spiro atoms. The highest BCUT2D eigenvalue weighted by atomic mass is 35.5. The van der Waals surface area contributed by atoms with Gasteiger partial charge in [-0.05, 0) is 43.2 Å². The lowest BCUT2D eigenvalue weighted by atomic mass is 9.71. The first-order valence-electron chi connectivity index (χ1n) is 5.65. The zero-order chi connectivity index (χ0) is 11.6. The largest absolute Gasteiger partial charge is 0.491 e. The number of hydrogen-bond acceptors (Lipinski definition) is 2. The molecule has 0 atom stereocenters. The van der Waals surface area contributed by atoms with Gasteiger partial charge in [-0.15, -0.1) is 0 Å². The van der Waals surface area contributed by atoms with Crippen molar-refractivity contribution in [2.24, 2.45) is 5.41 Å². The minimum absolute atomic E-state index is 0.288. The van der Waals surface area contributed by atoms with Crippen LogP contribution in [0.4, 0.5) is 0 Å². The smallest absolute Gasteiger partial charge is 0.138 e. The number of benzene rings is 1. The van der Waals surface area contributed by atoms with Crippen LogP contribution in [0.25, 0.3) is 0 Å². The lowest BCUT2D eigenvalue weighted by molar-refractivity contribution is 0.0830. The molecule has 1 fully saturated rings. The predicted molar refractivity (Wildman–Crippen MR) is 71.8 cm³/mol. The molecule has 0 bridgehead atoms. The van der Waals surface area contributed by atoms with Crippen molar-refractivity contribution >= 4 is 24.2 Å². The van der Waals surface area contributed by atoms with E-state index >= 15 is 0 Å². The van der Waals surface area contributed by atoms with Gasteiger partial charge in [0.15, 0.2) is 0 Å². The van der Waals surface area contributed by atoms with E-state index in [-0.39, 0.29) is 5.41 Å². The van der Waals surface area contributed by atoms with Gasteiger partial charge in [-0.3, -0.25) is 0 Å². The summed E-state index contributed by atoms with van der Waals surface area (Å²) >= 11 is 10.5. The minimum Gasteiger partial charge on any atom is -0.491 e. The van der Waals surface area contributed by atoms with Crippen LogP contribution >= 0.6 is 24.2 Å². The highest BCUT2D eigenvalue weighted by molar-refractivity contribution is 7.80. The summed E-state index contributed by atoms with van der Waals surface area (Å²) in [4.78, 5) is 0. The summed E-state index contributed by atoms with van der Waals surface area (Å²) < 4.78 is 5.83. The highest BCUT2D eigenvalue weighted by Crippen LogP contribution is 2.42. The van der Waals surface area contributed by atoms with E-state index < -0.39 is 0 Å². The normalized spacial score (nSPS) is 17.9. The van der Waals surface area contributed by atoms with Crippen LogP contribution in [0.1, 0.15) is 24.8 Å². The van der Waals surface area contributed by atoms with Crippen molar-refractivity contribution in [1.29, 1.82) is 0 Å². The first kappa shape index (κ1) is 12.1. The highest BCUT2D eigenvalue weighted by Gasteiger charge is 2.36. The van der Waals surface area contributed by atoms with Crippen LogP contribution < -0.4 is 4.74 Å². The van der Waals surface area contributed by atoms with Gasteiger partial charge >= 0.3 is 0 Å². The topological polar surface area (TPSA) is 9.23 Å². The molecule has 0 amide bonds. The summed E-state index contributed by atoms with van der Waals surface area (Å²) in [6.07, 6.45) is 3.74. The van der Waals surface area contributed by atoms with Crippen LogP contribution in [0.5, 0.6) is 5.75 Å². The number of rotatable bonds is 4. The zero-order valence-corrected chi connectivity index (χ0v) is 11.2. The molecule has 0 aromatic heterocycles. The zero-order valence-electron chi connectivity index (χ0n) is 9.50. The van der Waals surface area contributed by atoms with Crippen LogP contribution in [-0.4, -0.2) is 12.4 Å². The van der Waals surface area contributed by atoms with Gasteiger partial charge in [0.05, 0.1) is 11.6 Å². The Bertz CT molecular complexity index is 369. The third-order valence-electron chi connectivity index (χ3n) is 3.37. The summed E-state index contributed by atoms with van der Waals surface area (Å²) in [5.74, 6) is 1.70. The summed E-state index contributed by atoms with van der Waals surface area (Å²) in [7, 11) is 0. The molecule has 0 unspecified atom stereocenters. The molecule has 0 aliphatic heterocycles. The molecule has 0 radical (unpaired) electrons. The Labute approximate surface area is 108 Å². The molecule has 3 heteroatoms. The molecule has 1 nitrogen and oxygen atoms in total. The third-order valence-corrected chi connectivity index (χ3v) is 4.35. The molecule has 16 heavy (non-hydrogen) atoms. The van der Waals surface area contributed by atoms with E-state index in [2.05, 4.69) is 12.6 Å². The molecular weight excluding hydrogens is 240 g/mol. The Morgan fingerprint density at radius 1 is 1.44 bits per heavy atom. The van der Waals surface area contributed by atoms with Crippen LogP contribution in [-0.2, 0) is 0 Å². The second kappa shape index (κ2) is 4.89. The maximum absolute atomic E-state index is 6.09. The standard InChI is InChI=1S/C13H17ClOS/c1-10-3-4-11(14)12(7-10)15-8-13(9-16)5-2-6-13/h3-4,7,16H,2,5-6,8-9H2,1H3. The van der Waals surface area contributed by atoms with Gasteiger partial charge in [0.2, 0.25) is 0 Å². The van der Waals surface area contributed by atoms with Crippen molar-refractivity contribution in [3.05, 3.63) is 28.8 Å². The quantitative estimate of drug-likeness (QED) is 0.797. The van der Waals surface area contributed by atoms with Gasteiger partial charge in [-0.25, -0.2) is 0 Å². The van der Waals surface area contributed by atoms with Gasteiger partial charge in [-0.2, -0.15) is 12.6 Å². The first-order chi connectivity index (χ1) is 7.65. The summed E-state index contributed by atoms with van der Waals surface area (Å²) in [6, 6.07) is 5.88. The van der Waals surface area contributed by atoms with Crippen molar-refractivity contribution in [3.63, 3.8) is 0 Å². The van der Waals surface area contributed by atoms with E-state index in [0.717, 1.165) is 18.1 Å². The molecule has 1 aliphatic carbocycles. The second-order valence-electron chi connectivity index (χ2n) is 4.73. The van der Waals surface area contributed by atoms with Crippen LogP contribution in [0.15, 0.2) is 18.2 Å². The van der Waals surface area contributed by atoms with E-state index in [1.807, 2.05) is 25.1 Å². The average Bonchev–Trinajstić information content (AvgIpc) is 2.22. The molecule has 1 saturated carbocycles. The predicted octanol–water partition coefficient (Wildman–Crippen LogP) is 4.13. The SMILES string of the molecule is Cc1ccc(Cl)c(OCC2(CS)CCC2)c1. The molecule has 88 valence electrons. The molecule has 2 rings (SSSR count). The minimum atomic E-state index is 0.288. The lowest BCUT2D eigenvalue weighted by Crippen LogP contribution is -2.37. The van der Waals surface area contributed by atoms with Gasteiger partial charge in [0.25, 0.3) is 0 Å². The molecule has 1 aromatic carbocycles. The summed E-state index contributed by atoms with van der Waals surface area (Å²) in [6.45, 7) is 2.78. The van der Waals surface area contributed by atoms with Gasteiger partial charge in [-0.1, -0.05) is 24.1 Å². The number of halogens is 1. The second-order valence-corrected chi connectivity index (χ2v) is 5.46. The van der Waals surface area contributed by atoms with E-state index in [1.54, 1.807) is 0 Å². The molecule has 0 heterocycles. The van der Waals surface area contributed by atoms with E-state index in [0.29, 0.717) is 5.02 Å². The van der Waals surface area contributed by atoms with Crippen LogP contribution in [0, 0.1) is 12.3 Å². The fourth-order valence-corrected chi connectivity index (χ4v) is 2.56. The summed E-state index contributed by atoms with van der Waals surface area (Å²) in [5.41, 5.74) is 1.46. The number of hydrogen-bond donors (Lipinski definition) is 1. The maximum atomic E-state index is 6.09. The Hall–Kier alpha value is -0.340. The molecule has 0 saturated heterocycles. The van der Waals surface area contributed by atoms with Crippen molar-refractivity contribution in [2.45, 2.75) is 26.2 Å². The average molecular weight is 257 g/mol. The Kier molecular flexibility index (Phi) is 3.70. The van der Waals surface area contributed by atoms with Crippen LogP contribution in [0.2, 0.25) is 5.02 Å².